The van der Waals surface area contributed by atoms with Gasteiger partial charge >= 0.3 is 5.97 Å². The zero-order valence-corrected chi connectivity index (χ0v) is 15.3. The van der Waals surface area contributed by atoms with Crippen LogP contribution in [0.25, 0.3) is 5.69 Å². The molecule has 0 fully saturated rings. The van der Waals surface area contributed by atoms with Gasteiger partial charge in [0.1, 0.15) is 10.7 Å². The number of halogens is 1. The highest BCUT2D eigenvalue weighted by Gasteiger charge is 2.28. The van der Waals surface area contributed by atoms with E-state index in [1.165, 1.54) is 30.6 Å². The molecule has 138 valence electrons. The molecule has 0 bridgehead atoms. The molecule has 0 spiro atoms. The van der Waals surface area contributed by atoms with Gasteiger partial charge in [-0.05, 0) is 55.0 Å². The number of aromatic nitrogens is 2. The number of anilines is 1. The van der Waals surface area contributed by atoms with E-state index in [1.807, 2.05) is 0 Å². The molecule has 0 aliphatic heterocycles. The molecule has 0 radical (unpaired) electrons. The van der Waals surface area contributed by atoms with Gasteiger partial charge in [-0.1, -0.05) is 0 Å². The Balaban J connectivity index is 1.68. The number of hydrogen-bond donors (Lipinski definition) is 1. The predicted molar refractivity (Wildman–Crippen MR) is 99.2 cm³/mol. The topological polar surface area (TPSA) is 73.2 Å². The monoisotopic (exact) mass is 385 g/mol. The van der Waals surface area contributed by atoms with E-state index in [0.717, 1.165) is 30.5 Å². The van der Waals surface area contributed by atoms with Crippen molar-refractivity contribution in [2.24, 2.45) is 0 Å². The van der Waals surface area contributed by atoms with Crippen LogP contribution in [0.15, 0.2) is 35.7 Å². The third kappa shape index (κ3) is 3.12. The van der Waals surface area contributed by atoms with Gasteiger partial charge in [0, 0.05) is 11.3 Å². The van der Waals surface area contributed by atoms with Crippen molar-refractivity contribution in [3.63, 3.8) is 0 Å². The van der Waals surface area contributed by atoms with Crippen molar-refractivity contribution in [2.75, 3.05) is 12.4 Å². The van der Waals surface area contributed by atoms with Crippen molar-refractivity contribution < 1.29 is 18.7 Å². The van der Waals surface area contributed by atoms with Gasteiger partial charge in [0.05, 0.1) is 18.5 Å². The Morgan fingerprint density at radius 2 is 2.00 bits per heavy atom. The third-order valence-corrected chi connectivity index (χ3v) is 5.40. The van der Waals surface area contributed by atoms with E-state index >= 15 is 0 Å². The molecule has 2 heterocycles. The number of nitrogens with zero attached hydrogens (tertiary/aromatic N) is 2. The number of esters is 1. The molecule has 27 heavy (non-hydrogen) atoms. The summed E-state index contributed by atoms with van der Waals surface area (Å²) in [4.78, 5) is 25.0. The number of benzene rings is 1. The van der Waals surface area contributed by atoms with Crippen LogP contribution in [0.1, 0.15) is 37.8 Å². The number of rotatable bonds is 4. The van der Waals surface area contributed by atoms with Crippen molar-refractivity contribution in [2.45, 2.75) is 19.3 Å². The molecule has 0 atom stereocenters. The van der Waals surface area contributed by atoms with Crippen molar-refractivity contribution in [1.29, 1.82) is 0 Å². The fourth-order valence-electron chi connectivity index (χ4n) is 3.26. The molecular weight excluding hydrogens is 369 g/mol. The Morgan fingerprint density at radius 3 is 2.74 bits per heavy atom. The molecule has 4 rings (SSSR count). The van der Waals surface area contributed by atoms with Gasteiger partial charge in [0.25, 0.3) is 5.91 Å². The molecule has 1 aliphatic rings. The molecule has 1 aromatic carbocycles. The number of ether oxygens (including phenoxy) is 1. The second kappa shape index (κ2) is 6.96. The van der Waals surface area contributed by atoms with Gasteiger partial charge in [-0.2, -0.15) is 5.10 Å². The number of methoxy groups -OCH3 is 1. The van der Waals surface area contributed by atoms with E-state index in [1.54, 1.807) is 28.3 Å². The first kappa shape index (κ1) is 17.4. The average Bonchev–Trinajstić information content (AvgIpc) is 3.38. The van der Waals surface area contributed by atoms with Crippen LogP contribution >= 0.6 is 11.3 Å². The standard InChI is InChI=1S/C19H16FN3O3S/c1-26-19(25)17-14(9-10-27-17)21-18(24)16-13-3-2-4-15(13)23(22-16)12-7-5-11(20)6-8-12/h5-10H,2-4H2,1H3,(H,21,24). The van der Waals surface area contributed by atoms with Crippen molar-refractivity contribution >= 4 is 28.9 Å². The Morgan fingerprint density at radius 1 is 1.22 bits per heavy atom. The molecule has 1 aliphatic carbocycles. The SMILES string of the molecule is COC(=O)c1sccc1NC(=O)c1nn(-c2ccc(F)cc2)c2c1CCC2. The maximum Gasteiger partial charge on any atom is 0.350 e. The van der Waals surface area contributed by atoms with Crippen molar-refractivity contribution in [1.82, 2.24) is 9.78 Å². The summed E-state index contributed by atoms with van der Waals surface area (Å²) in [6.45, 7) is 0. The summed E-state index contributed by atoms with van der Waals surface area (Å²) < 4.78 is 19.7. The highest BCUT2D eigenvalue weighted by molar-refractivity contribution is 7.12. The van der Waals surface area contributed by atoms with Gasteiger partial charge in [-0.3, -0.25) is 4.79 Å². The lowest BCUT2D eigenvalue weighted by Gasteiger charge is -2.06. The molecule has 0 saturated heterocycles. The summed E-state index contributed by atoms with van der Waals surface area (Å²) >= 11 is 1.20. The summed E-state index contributed by atoms with van der Waals surface area (Å²) in [5.41, 5.74) is 3.30. The Hall–Kier alpha value is -3.00. The van der Waals surface area contributed by atoms with Crippen molar-refractivity contribution in [3.8, 4) is 5.69 Å². The van der Waals surface area contributed by atoms with E-state index in [4.69, 9.17) is 4.74 Å². The van der Waals surface area contributed by atoms with E-state index in [0.29, 0.717) is 21.9 Å². The number of hydrogen-bond acceptors (Lipinski definition) is 5. The summed E-state index contributed by atoms with van der Waals surface area (Å²) in [7, 11) is 1.30. The van der Waals surface area contributed by atoms with Gasteiger partial charge in [0.2, 0.25) is 0 Å². The quantitative estimate of drug-likeness (QED) is 0.697. The molecule has 0 unspecified atom stereocenters. The molecule has 3 aromatic rings. The first-order chi connectivity index (χ1) is 13.1. The maximum absolute atomic E-state index is 13.2. The van der Waals surface area contributed by atoms with Crippen molar-refractivity contribution in [3.05, 3.63) is 63.4 Å². The summed E-state index contributed by atoms with van der Waals surface area (Å²) in [5, 5.41) is 8.95. The molecule has 8 heteroatoms. The van der Waals surface area contributed by atoms with Crippen LogP contribution in [-0.4, -0.2) is 28.8 Å². The number of thiophene rings is 1. The third-order valence-electron chi connectivity index (χ3n) is 4.50. The molecule has 1 N–H and O–H groups in total. The lowest BCUT2D eigenvalue weighted by atomic mass is 10.2. The Labute approximate surface area is 158 Å². The smallest absolute Gasteiger partial charge is 0.350 e. The lowest BCUT2D eigenvalue weighted by Crippen LogP contribution is -2.16. The lowest BCUT2D eigenvalue weighted by molar-refractivity contribution is 0.0607. The van der Waals surface area contributed by atoms with Gasteiger partial charge in [0.15, 0.2) is 5.69 Å². The highest BCUT2D eigenvalue weighted by Crippen LogP contribution is 2.29. The number of carbonyl (C=O) groups is 2. The minimum Gasteiger partial charge on any atom is -0.465 e. The van der Waals surface area contributed by atoms with Crippen LogP contribution in [0.2, 0.25) is 0 Å². The normalized spacial score (nSPS) is 12.7. The first-order valence-electron chi connectivity index (χ1n) is 8.42. The van der Waals surface area contributed by atoms with Gasteiger partial charge in [-0.25, -0.2) is 13.9 Å². The van der Waals surface area contributed by atoms with E-state index in [2.05, 4.69) is 10.4 Å². The van der Waals surface area contributed by atoms with Crippen LogP contribution in [0.4, 0.5) is 10.1 Å². The number of nitrogens with one attached hydrogen (secondary N) is 1. The number of amides is 1. The molecule has 2 aromatic heterocycles. The minimum absolute atomic E-state index is 0.326. The fourth-order valence-corrected chi connectivity index (χ4v) is 4.02. The fraction of sp³-hybridized carbons (Fsp3) is 0.211. The minimum atomic E-state index is -0.498. The second-order valence-electron chi connectivity index (χ2n) is 6.12. The molecule has 1 amide bonds. The first-order valence-corrected chi connectivity index (χ1v) is 9.30. The number of fused-ring (bicyclic) bond motifs is 1. The largest absolute Gasteiger partial charge is 0.465 e. The summed E-state index contributed by atoms with van der Waals surface area (Å²) in [5.74, 6) is -1.20. The molecule has 6 nitrogen and oxygen atoms in total. The molecular formula is C19H16FN3O3S. The maximum atomic E-state index is 13.2. The summed E-state index contributed by atoms with van der Waals surface area (Å²) in [6, 6.07) is 7.66. The zero-order valence-electron chi connectivity index (χ0n) is 14.5. The van der Waals surface area contributed by atoms with Crippen LogP contribution in [0, 0.1) is 5.82 Å². The Bertz CT molecular complexity index is 1020. The van der Waals surface area contributed by atoms with Crippen LogP contribution in [0.5, 0.6) is 0 Å². The van der Waals surface area contributed by atoms with Crippen LogP contribution in [0.3, 0.4) is 0 Å². The van der Waals surface area contributed by atoms with E-state index in [-0.39, 0.29) is 11.7 Å². The average molecular weight is 385 g/mol. The van der Waals surface area contributed by atoms with Crippen LogP contribution < -0.4 is 5.32 Å². The van der Waals surface area contributed by atoms with E-state index in [9.17, 15) is 14.0 Å². The zero-order chi connectivity index (χ0) is 19.0. The highest BCUT2D eigenvalue weighted by atomic mass is 32.1. The molecule has 0 saturated carbocycles. The van der Waals surface area contributed by atoms with Gasteiger partial charge in [-0.15, -0.1) is 11.3 Å². The predicted octanol–water partition coefficient (Wildman–Crippen LogP) is 3.60. The van der Waals surface area contributed by atoms with E-state index < -0.39 is 5.97 Å². The summed E-state index contributed by atoms with van der Waals surface area (Å²) in [6.07, 6.45) is 2.49. The Kier molecular flexibility index (Phi) is 4.49. The van der Waals surface area contributed by atoms with Crippen LogP contribution in [-0.2, 0) is 17.6 Å². The number of carbonyl (C=O) groups excluding carboxylic acids is 2. The second-order valence-corrected chi connectivity index (χ2v) is 7.04. The van der Waals surface area contributed by atoms with Gasteiger partial charge < -0.3 is 10.1 Å².